The van der Waals surface area contributed by atoms with Gasteiger partial charge in [-0.1, -0.05) is 24.3 Å². The number of aryl methyl sites for hydroxylation is 1. The molecule has 1 aliphatic heterocycles. The van der Waals surface area contributed by atoms with E-state index in [4.69, 9.17) is 9.47 Å². The molecular formula is C23H31FIN3O3. The molecule has 2 aromatic carbocycles. The van der Waals surface area contributed by atoms with Gasteiger partial charge in [0.1, 0.15) is 17.7 Å². The van der Waals surface area contributed by atoms with Crippen molar-refractivity contribution < 1.29 is 19.0 Å². The zero-order chi connectivity index (χ0) is 21.3. The van der Waals surface area contributed by atoms with Gasteiger partial charge in [-0.3, -0.25) is 0 Å². The molecule has 0 saturated carbocycles. The molecule has 170 valence electrons. The van der Waals surface area contributed by atoms with E-state index in [1.807, 2.05) is 32.0 Å². The minimum absolute atomic E-state index is 0. The highest BCUT2D eigenvalue weighted by atomic mass is 127. The Hall–Kier alpha value is -1.91. The van der Waals surface area contributed by atoms with Gasteiger partial charge >= 0.3 is 0 Å². The van der Waals surface area contributed by atoms with Crippen molar-refractivity contribution >= 4 is 29.9 Å². The number of nitrogens with zero attached hydrogens (tertiary/aromatic N) is 1. The van der Waals surface area contributed by atoms with Gasteiger partial charge in [-0.25, -0.2) is 9.38 Å². The lowest BCUT2D eigenvalue weighted by Crippen LogP contribution is -2.39. The number of ether oxygens (including phenoxy) is 2. The topological polar surface area (TPSA) is 75.1 Å². The number of guanidine groups is 1. The lowest BCUT2D eigenvalue weighted by molar-refractivity contribution is 0.140. The fourth-order valence-corrected chi connectivity index (χ4v) is 3.19. The van der Waals surface area contributed by atoms with Crippen LogP contribution in [0.5, 0.6) is 5.75 Å². The average molecular weight is 543 g/mol. The van der Waals surface area contributed by atoms with Crippen molar-refractivity contribution in [2.75, 3.05) is 26.3 Å². The van der Waals surface area contributed by atoms with E-state index in [0.717, 1.165) is 29.9 Å². The molecule has 6 nitrogen and oxygen atoms in total. The van der Waals surface area contributed by atoms with Gasteiger partial charge in [0.05, 0.1) is 25.9 Å². The molecule has 0 radical (unpaired) electrons. The smallest absolute Gasteiger partial charge is 0.191 e. The molecule has 0 spiro atoms. The molecule has 1 heterocycles. The van der Waals surface area contributed by atoms with Gasteiger partial charge < -0.3 is 25.2 Å². The summed E-state index contributed by atoms with van der Waals surface area (Å²) < 4.78 is 24.6. The second kappa shape index (κ2) is 12.8. The number of aliphatic imine (C=N–C) groups is 1. The van der Waals surface area contributed by atoms with Crippen LogP contribution in [0, 0.1) is 12.7 Å². The van der Waals surface area contributed by atoms with Crippen LogP contribution in [0.3, 0.4) is 0 Å². The van der Waals surface area contributed by atoms with Crippen molar-refractivity contribution in [3.63, 3.8) is 0 Å². The highest BCUT2D eigenvalue weighted by Gasteiger charge is 2.18. The summed E-state index contributed by atoms with van der Waals surface area (Å²) >= 11 is 0. The first-order valence-corrected chi connectivity index (χ1v) is 10.3. The quantitative estimate of drug-likeness (QED) is 0.269. The Balaban J connectivity index is 0.00000341. The monoisotopic (exact) mass is 543 g/mol. The SMILES string of the molecule is CCNC(=NCc1ccc(C)cc1OC1CCOC1)NCC(O)c1ccc(F)cc1.I. The Kier molecular flexibility index (Phi) is 10.5. The van der Waals surface area contributed by atoms with E-state index < -0.39 is 6.10 Å². The lowest BCUT2D eigenvalue weighted by Gasteiger charge is -2.17. The van der Waals surface area contributed by atoms with Crippen LogP contribution in [0.4, 0.5) is 4.39 Å². The van der Waals surface area contributed by atoms with E-state index in [1.165, 1.54) is 12.1 Å². The van der Waals surface area contributed by atoms with Crippen LogP contribution < -0.4 is 15.4 Å². The maximum absolute atomic E-state index is 13.1. The predicted molar refractivity (Wildman–Crippen MR) is 131 cm³/mol. The Morgan fingerprint density at radius 2 is 2.03 bits per heavy atom. The molecule has 8 heteroatoms. The van der Waals surface area contributed by atoms with Crippen molar-refractivity contribution in [2.24, 2.45) is 4.99 Å². The van der Waals surface area contributed by atoms with Crippen molar-refractivity contribution in [2.45, 2.75) is 39.0 Å². The van der Waals surface area contributed by atoms with Crippen LogP contribution in [0.2, 0.25) is 0 Å². The standard InChI is InChI=1S/C23H30FN3O3.HI/c1-3-25-23(27-14-21(28)17-6-8-19(24)9-7-17)26-13-18-5-4-16(2)12-22(18)30-20-10-11-29-15-20;/h4-9,12,20-21,28H,3,10-11,13-15H2,1-2H3,(H2,25,26,27);1H. The van der Waals surface area contributed by atoms with E-state index >= 15 is 0 Å². The summed E-state index contributed by atoms with van der Waals surface area (Å²) in [7, 11) is 0. The third kappa shape index (κ3) is 7.93. The molecule has 0 bridgehead atoms. The van der Waals surface area contributed by atoms with Crippen molar-refractivity contribution in [1.29, 1.82) is 0 Å². The Labute approximate surface area is 200 Å². The van der Waals surface area contributed by atoms with Crippen LogP contribution in [-0.2, 0) is 11.3 Å². The molecule has 2 unspecified atom stereocenters. The van der Waals surface area contributed by atoms with Gasteiger partial charge in [0.15, 0.2) is 5.96 Å². The number of aliphatic hydroxyl groups is 1. The molecule has 0 amide bonds. The molecule has 3 rings (SSSR count). The van der Waals surface area contributed by atoms with Gasteiger partial charge in [0.2, 0.25) is 0 Å². The molecule has 1 saturated heterocycles. The van der Waals surface area contributed by atoms with Gasteiger partial charge in [-0.05, 0) is 43.2 Å². The number of hydrogen-bond donors (Lipinski definition) is 3. The molecule has 2 atom stereocenters. The van der Waals surface area contributed by atoms with Gasteiger partial charge in [0.25, 0.3) is 0 Å². The van der Waals surface area contributed by atoms with Gasteiger partial charge in [-0.15, -0.1) is 24.0 Å². The number of hydrogen-bond acceptors (Lipinski definition) is 4. The number of nitrogens with one attached hydrogen (secondary N) is 2. The van der Waals surface area contributed by atoms with E-state index in [1.54, 1.807) is 12.1 Å². The third-order valence-corrected chi connectivity index (χ3v) is 4.87. The fourth-order valence-electron chi connectivity index (χ4n) is 3.19. The van der Waals surface area contributed by atoms with Crippen LogP contribution in [-0.4, -0.2) is 43.5 Å². The third-order valence-electron chi connectivity index (χ3n) is 4.87. The minimum Gasteiger partial charge on any atom is -0.488 e. The Morgan fingerprint density at radius 1 is 1.26 bits per heavy atom. The summed E-state index contributed by atoms with van der Waals surface area (Å²) in [6.07, 6.45) is 0.198. The first-order chi connectivity index (χ1) is 14.5. The molecule has 1 aliphatic rings. The van der Waals surface area contributed by atoms with Crippen molar-refractivity contribution in [3.05, 3.63) is 65.0 Å². The maximum atomic E-state index is 13.1. The van der Waals surface area contributed by atoms with E-state index in [0.29, 0.717) is 31.2 Å². The van der Waals surface area contributed by atoms with Crippen molar-refractivity contribution in [3.8, 4) is 5.75 Å². The number of benzene rings is 2. The average Bonchev–Trinajstić information content (AvgIpc) is 3.24. The highest BCUT2D eigenvalue weighted by molar-refractivity contribution is 14.0. The summed E-state index contributed by atoms with van der Waals surface area (Å²) in [6.45, 7) is 6.74. The minimum atomic E-state index is -0.768. The zero-order valence-electron chi connectivity index (χ0n) is 17.9. The number of rotatable bonds is 8. The second-order valence-corrected chi connectivity index (χ2v) is 7.36. The first kappa shape index (κ1) is 25.4. The van der Waals surface area contributed by atoms with Crippen LogP contribution in [0.25, 0.3) is 0 Å². The first-order valence-electron chi connectivity index (χ1n) is 10.3. The van der Waals surface area contributed by atoms with Crippen LogP contribution >= 0.6 is 24.0 Å². The number of halogens is 2. The van der Waals surface area contributed by atoms with Gasteiger partial charge in [0, 0.05) is 25.1 Å². The highest BCUT2D eigenvalue weighted by Crippen LogP contribution is 2.24. The van der Waals surface area contributed by atoms with E-state index in [2.05, 4.69) is 15.6 Å². The van der Waals surface area contributed by atoms with Crippen LogP contribution in [0.1, 0.15) is 36.1 Å². The summed E-state index contributed by atoms with van der Waals surface area (Å²) in [4.78, 5) is 4.64. The summed E-state index contributed by atoms with van der Waals surface area (Å²) in [5, 5.41) is 16.7. The van der Waals surface area contributed by atoms with E-state index in [9.17, 15) is 9.50 Å². The van der Waals surface area contributed by atoms with E-state index in [-0.39, 0.29) is 42.4 Å². The molecule has 2 aromatic rings. The lowest BCUT2D eigenvalue weighted by atomic mass is 10.1. The maximum Gasteiger partial charge on any atom is 0.191 e. The normalized spacial score (nSPS) is 17.0. The molecular weight excluding hydrogens is 512 g/mol. The van der Waals surface area contributed by atoms with Crippen LogP contribution in [0.15, 0.2) is 47.5 Å². The zero-order valence-corrected chi connectivity index (χ0v) is 20.3. The largest absolute Gasteiger partial charge is 0.488 e. The summed E-state index contributed by atoms with van der Waals surface area (Å²) in [5.74, 6) is 1.10. The second-order valence-electron chi connectivity index (χ2n) is 7.36. The summed E-state index contributed by atoms with van der Waals surface area (Å²) in [6, 6.07) is 11.9. The molecule has 0 aromatic heterocycles. The molecule has 31 heavy (non-hydrogen) atoms. The molecule has 0 aliphatic carbocycles. The van der Waals surface area contributed by atoms with Crippen molar-refractivity contribution in [1.82, 2.24) is 10.6 Å². The molecule has 1 fully saturated rings. The summed E-state index contributed by atoms with van der Waals surface area (Å²) in [5.41, 5.74) is 2.76. The number of aliphatic hydroxyl groups excluding tert-OH is 1. The Morgan fingerprint density at radius 3 is 2.71 bits per heavy atom. The fraction of sp³-hybridized carbons (Fsp3) is 0.435. The Bertz CT molecular complexity index is 842. The van der Waals surface area contributed by atoms with Gasteiger partial charge in [-0.2, -0.15) is 0 Å². The molecule has 3 N–H and O–H groups in total. The predicted octanol–water partition coefficient (Wildman–Crippen LogP) is 3.71.